The first-order valence-corrected chi connectivity index (χ1v) is 5.95. The van der Waals surface area contributed by atoms with E-state index in [1.807, 2.05) is 0 Å². The summed E-state index contributed by atoms with van der Waals surface area (Å²) in [6.45, 7) is 3.51. The Morgan fingerprint density at radius 3 is 2.80 bits per heavy atom. The fraction of sp³-hybridized carbons (Fsp3) is 0.333. The number of hydrogen-bond acceptors (Lipinski definition) is 4. The van der Waals surface area contributed by atoms with Crippen molar-refractivity contribution in [1.82, 2.24) is 19.5 Å². The highest BCUT2D eigenvalue weighted by atomic mass is 16.4. The molecule has 1 unspecified atom stereocenters. The molecule has 2 rings (SSSR count). The lowest BCUT2D eigenvalue weighted by atomic mass is 10.0. The highest BCUT2D eigenvalue weighted by Gasteiger charge is 2.19. The number of carboxylic acid groups (broad SMARTS) is 1. The molecule has 20 heavy (non-hydrogen) atoms. The van der Waals surface area contributed by atoms with Crippen molar-refractivity contribution < 1.29 is 9.90 Å². The summed E-state index contributed by atoms with van der Waals surface area (Å²) in [7, 11) is 1.48. The van der Waals surface area contributed by atoms with E-state index in [9.17, 15) is 14.4 Å². The standard InChI is InChI=1S/C12H14N4O4/c1-3-4-6(11(18)19)5-7-13-8-9(14-7)16(2)12(20)15-10(8)17/h3,6H,1,4-5H2,2H3,(H,13,14)(H,18,19)(H,15,17,20). The molecule has 0 spiro atoms. The molecular formula is C12H14N4O4. The fourth-order valence-electron chi connectivity index (χ4n) is 1.96. The van der Waals surface area contributed by atoms with Crippen LogP contribution in [0.4, 0.5) is 0 Å². The number of aromatic amines is 2. The number of fused-ring (bicyclic) bond motifs is 1. The van der Waals surface area contributed by atoms with Crippen LogP contribution in [-0.4, -0.2) is 30.6 Å². The van der Waals surface area contributed by atoms with Crippen molar-refractivity contribution in [2.24, 2.45) is 13.0 Å². The summed E-state index contributed by atoms with van der Waals surface area (Å²) in [5.74, 6) is -1.29. The zero-order chi connectivity index (χ0) is 14.9. The minimum Gasteiger partial charge on any atom is -0.481 e. The predicted octanol–water partition coefficient (Wildman–Crippen LogP) is -0.231. The Morgan fingerprint density at radius 2 is 2.20 bits per heavy atom. The lowest BCUT2D eigenvalue weighted by Crippen LogP contribution is -2.28. The van der Waals surface area contributed by atoms with Gasteiger partial charge >= 0.3 is 11.7 Å². The summed E-state index contributed by atoms with van der Waals surface area (Å²) in [4.78, 5) is 43.2. The second-order valence-corrected chi connectivity index (χ2v) is 4.46. The van der Waals surface area contributed by atoms with Gasteiger partial charge in [0.15, 0.2) is 5.65 Å². The Balaban J connectivity index is 2.47. The highest BCUT2D eigenvalue weighted by molar-refractivity contribution is 5.72. The Kier molecular flexibility index (Phi) is 3.55. The van der Waals surface area contributed by atoms with E-state index in [1.54, 1.807) is 0 Å². The van der Waals surface area contributed by atoms with Crippen LogP contribution in [0.2, 0.25) is 0 Å². The Bertz CT molecular complexity index is 783. The number of aromatic nitrogens is 4. The van der Waals surface area contributed by atoms with E-state index in [2.05, 4.69) is 21.5 Å². The van der Waals surface area contributed by atoms with Crippen molar-refractivity contribution >= 4 is 17.1 Å². The molecule has 0 aliphatic heterocycles. The van der Waals surface area contributed by atoms with E-state index in [0.29, 0.717) is 12.2 Å². The minimum atomic E-state index is -0.965. The largest absolute Gasteiger partial charge is 0.481 e. The molecule has 0 aliphatic rings. The quantitative estimate of drug-likeness (QED) is 0.652. The third kappa shape index (κ3) is 2.40. The van der Waals surface area contributed by atoms with E-state index in [4.69, 9.17) is 5.11 Å². The summed E-state index contributed by atoms with van der Waals surface area (Å²) in [6.07, 6.45) is 1.94. The van der Waals surface area contributed by atoms with Crippen LogP contribution in [-0.2, 0) is 18.3 Å². The molecule has 0 radical (unpaired) electrons. The molecule has 0 aromatic carbocycles. The van der Waals surface area contributed by atoms with Crippen LogP contribution in [0, 0.1) is 5.92 Å². The molecule has 0 amide bonds. The molecule has 2 aromatic rings. The molecule has 0 fully saturated rings. The van der Waals surface area contributed by atoms with Gasteiger partial charge in [-0.25, -0.2) is 9.78 Å². The van der Waals surface area contributed by atoms with E-state index in [0.717, 1.165) is 0 Å². The zero-order valence-electron chi connectivity index (χ0n) is 10.8. The molecular weight excluding hydrogens is 264 g/mol. The highest BCUT2D eigenvalue weighted by Crippen LogP contribution is 2.13. The van der Waals surface area contributed by atoms with Crippen LogP contribution in [0.1, 0.15) is 12.2 Å². The SMILES string of the molecule is C=CCC(Cc1nc2c([nH]1)c(=O)[nH]c(=O)n2C)C(=O)O. The van der Waals surface area contributed by atoms with E-state index >= 15 is 0 Å². The number of carboxylic acids is 1. The van der Waals surface area contributed by atoms with Crippen molar-refractivity contribution in [1.29, 1.82) is 0 Å². The van der Waals surface area contributed by atoms with Crippen molar-refractivity contribution in [2.45, 2.75) is 12.8 Å². The number of nitrogens with one attached hydrogen (secondary N) is 2. The number of hydrogen-bond donors (Lipinski definition) is 3. The first kappa shape index (κ1) is 13.8. The number of allylic oxidation sites excluding steroid dienone is 1. The van der Waals surface area contributed by atoms with Crippen molar-refractivity contribution in [3.63, 3.8) is 0 Å². The summed E-state index contributed by atoms with van der Waals surface area (Å²) in [5, 5.41) is 9.08. The summed E-state index contributed by atoms with van der Waals surface area (Å²) < 4.78 is 1.19. The van der Waals surface area contributed by atoms with Gasteiger partial charge in [-0.15, -0.1) is 6.58 Å². The third-order valence-electron chi connectivity index (χ3n) is 3.04. The molecule has 0 saturated carbocycles. The lowest BCUT2D eigenvalue weighted by molar-refractivity contribution is -0.141. The van der Waals surface area contributed by atoms with Gasteiger partial charge in [0.1, 0.15) is 11.3 Å². The summed E-state index contributed by atoms with van der Waals surface area (Å²) in [5.41, 5.74) is -0.778. The average Bonchev–Trinajstić information content (AvgIpc) is 2.80. The zero-order valence-corrected chi connectivity index (χ0v) is 10.8. The van der Waals surface area contributed by atoms with Crippen LogP contribution in [0.25, 0.3) is 11.2 Å². The van der Waals surface area contributed by atoms with Gasteiger partial charge in [0.25, 0.3) is 5.56 Å². The number of carbonyl (C=O) groups is 1. The van der Waals surface area contributed by atoms with Crippen molar-refractivity contribution in [2.75, 3.05) is 0 Å². The molecule has 0 aliphatic carbocycles. The molecule has 1 atom stereocenters. The molecule has 8 heteroatoms. The monoisotopic (exact) mass is 278 g/mol. The van der Waals surface area contributed by atoms with Gasteiger partial charge in [-0.1, -0.05) is 6.08 Å². The van der Waals surface area contributed by atoms with Gasteiger partial charge in [-0.2, -0.15) is 0 Å². The normalized spacial score (nSPS) is 12.4. The topological polar surface area (TPSA) is 121 Å². The molecule has 3 N–H and O–H groups in total. The molecule has 106 valence electrons. The molecule has 8 nitrogen and oxygen atoms in total. The Hall–Kier alpha value is -2.64. The van der Waals surface area contributed by atoms with Gasteiger partial charge < -0.3 is 10.1 Å². The van der Waals surface area contributed by atoms with Gasteiger partial charge in [0, 0.05) is 13.5 Å². The second kappa shape index (κ2) is 5.16. The first-order valence-electron chi connectivity index (χ1n) is 5.95. The number of rotatable bonds is 5. The van der Waals surface area contributed by atoms with Gasteiger partial charge in [0.05, 0.1) is 5.92 Å². The maximum atomic E-state index is 11.6. The molecule has 0 bridgehead atoms. The van der Waals surface area contributed by atoms with Crippen molar-refractivity contribution in [3.8, 4) is 0 Å². The first-order chi connectivity index (χ1) is 9.43. The Morgan fingerprint density at radius 1 is 1.50 bits per heavy atom. The number of aliphatic carboxylic acids is 1. The van der Waals surface area contributed by atoms with Crippen molar-refractivity contribution in [3.05, 3.63) is 39.3 Å². The van der Waals surface area contributed by atoms with Crippen LogP contribution in [0.5, 0.6) is 0 Å². The van der Waals surface area contributed by atoms with E-state index in [1.165, 1.54) is 17.7 Å². The minimum absolute atomic E-state index is 0.129. The average molecular weight is 278 g/mol. The third-order valence-corrected chi connectivity index (χ3v) is 3.04. The molecule has 2 aromatic heterocycles. The number of H-pyrrole nitrogens is 2. The molecule has 0 saturated heterocycles. The van der Waals surface area contributed by atoms with Crippen LogP contribution < -0.4 is 11.2 Å². The van der Waals surface area contributed by atoms with Gasteiger partial charge in [-0.05, 0) is 6.42 Å². The molecule has 2 heterocycles. The van der Waals surface area contributed by atoms with E-state index in [-0.39, 0.29) is 17.6 Å². The van der Waals surface area contributed by atoms with Crippen LogP contribution in [0.3, 0.4) is 0 Å². The van der Waals surface area contributed by atoms with Crippen LogP contribution >= 0.6 is 0 Å². The van der Waals surface area contributed by atoms with Gasteiger partial charge in [-0.3, -0.25) is 19.1 Å². The second-order valence-electron chi connectivity index (χ2n) is 4.46. The summed E-state index contributed by atoms with van der Waals surface area (Å²) >= 11 is 0. The summed E-state index contributed by atoms with van der Waals surface area (Å²) in [6, 6.07) is 0. The number of nitrogens with zero attached hydrogens (tertiary/aromatic N) is 2. The van der Waals surface area contributed by atoms with E-state index < -0.39 is 23.1 Å². The smallest absolute Gasteiger partial charge is 0.329 e. The fourth-order valence-corrected chi connectivity index (χ4v) is 1.96. The van der Waals surface area contributed by atoms with Gasteiger partial charge in [0.2, 0.25) is 0 Å². The number of aryl methyl sites for hydroxylation is 1. The Labute approximate surface area is 112 Å². The maximum Gasteiger partial charge on any atom is 0.329 e. The van der Waals surface area contributed by atoms with Crippen LogP contribution in [0.15, 0.2) is 22.2 Å². The lowest BCUT2D eigenvalue weighted by Gasteiger charge is -2.06. The maximum absolute atomic E-state index is 11.6. The number of imidazole rings is 1. The predicted molar refractivity (Wildman–Crippen MR) is 71.6 cm³/mol.